The molecule has 1 atom stereocenters. The van der Waals surface area contributed by atoms with Gasteiger partial charge in [0.2, 0.25) is 0 Å². The maximum atomic E-state index is 11.2. The summed E-state index contributed by atoms with van der Waals surface area (Å²) >= 11 is 0. The molecule has 2 rings (SSSR count). The van der Waals surface area contributed by atoms with Crippen LogP contribution in [0.25, 0.3) is 0 Å². The van der Waals surface area contributed by atoms with Crippen molar-refractivity contribution in [2.75, 3.05) is 13.1 Å². The molecule has 5 heteroatoms. The van der Waals surface area contributed by atoms with E-state index < -0.39 is 5.91 Å². The molecule has 1 aliphatic heterocycles. The van der Waals surface area contributed by atoms with Crippen molar-refractivity contribution in [1.82, 2.24) is 15.3 Å². The molecule has 0 radical (unpaired) electrons. The van der Waals surface area contributed by atoms with Gasteiger partial charge in [-0.1, -0.05) is 0 Å². The van der Waals surface area contributed by atoms with Crippen LogP contribution in [0, 0.1) is 0 Å². The monoisotopic (exact) mass is 206 g/mol. The van der Waals surface area contributed by atoms with Crippen molar-refractivity contribution in [3.8, 4) is 0 Å². The standard InChI is InChI=1S/C10H14N4O/c11-10(15)8-5-13-6-14-9(8)7-2-1-3-12-4-7/h5-7,12H,1-4H2,(H2,11,15)/t7-/m0/s1. The molecule has 1 aromatic heterocycles. The Balaban J connectivity index is 2.29. The van der Waals surface area contributed by atoms with Crippen molar-refractivity contribution >= 4 is 5.91 Å². The average molecular weight is 206 g/mol. The average Bonchev–Trinajstić information content (AvgIpc) is 2.30. The maximum Gasteiger partial charge on any atom is 0.252 e. The summed E-state index contributed by atoms with van der Waals surface area (Å²) in [6, 6.07) is 0. The van der Waals surface area contributed by atoms with Gasteiger partial charge in [0.25, 0.3) is 5.91 Å². The summed E-state index contributed by atoms with van der Waals surface area (Å²) in [6.45, 7) is 1.89. The van der Waals surface area contributed by atoms with Crippen LogP contribution in [0.3, 0.4) is 0 Å². The van der Waals surface area contributed by atoms with Crippen LogP contribution in [0.2, 0.25) is 0 Å². The van der Waals surface area contributed by atoms with Gasteiger partial charge in [0.1, 0.15) is 6.33 Å². The predicted octanol–water partition coefficient (Wildman–Crippen LogP) is 0.0425. The van der Waals surface area contributed by atoms with E-state index >= 15 is 0 Å². The highest BCUT2D eigenvalue weighted by atomic mass is 16.1. The van der Waals surface area contributed by atoms with Crippen molar-refractivity contribution in [2.45, 2.75) is 18.8 Å². The predicted molar refractivity (Wildman–Crippen MR) is 55.4 cm³/mol. The Hall–Kier alpha value is -1.49. The summed E-state index contributed by atoms with van der Waals surface area (Å²) in [4.78, 5) is 19.2. The van der Waals surface area contributed by atoms with Crippen LogP contribution in [0.4, 0.5) is 0 Å². The lowest BCUT2D eigenvalue weighted by molar-refractivity contribution is 0.0998. The maximum absolute atomic E-state index is 11.2. The second-order valence-corrected chi connectivity index (χ2v) is 3.73. The molecule has 0 aliphatic carbocycles. The van der Waals surface area contributed by atoms with E-state index in [1.807, 2.05) is 0 Å². The molecule has 0 unspecified atom stereocenters. The number of primary amides is 1. The van der Waals surface area contributed by atoms with Gasteiger partial charge in [0, 0.05) is 18.7 Å². The topological polar surface area (TPSA) is 80.9 Å². The van der Waals surface area contributed by atoms with Gasteiger partial charge in [-0.15, -0.1) is 0 Å². The zero-order valence-corrected chi connectivity index (χ0v) is 8.44. The first-order valence-corrected chi connectivity index (χ1v) is 5.09. The van der Waals surface area contributed by atoms with Gasteiger partial charge in [-0.2, -0.15) is 0 Å². The molecular weight excluding hydrogens is 192 g/mol. The molecule has 15 heavy (non-hydrogen) atoms. The summed E-state index contributed by atoms with van der Waals surface area (Å²) in [5.41, 5.74) is 6.51. The molecule has 2 heterocycles. The number of amides is 1. The molecule has 1 saturated heterocycles. The van der Waals surface area contributed by atoms with Crippen molar-refractivity contribution < 1.29 is 4.79 Å². The number of piperidine rings is 1. The first-order valence-electron chi connectivity index (χ1n) is 5.09. The third-order valence-corrected chi connectivity index (χ3v) is 2.69. The first kappa shape index (κ1) is 10.0. The van der Waals surface area contributed by atoms with Gasteiger partial charge in [-0.3, -0.25) is 4.79 Å². The van der Waals surface area contributed by atoms with Crippen LogP contribution in [-0.4, -0.2) is 29.0 Å². The number of carbonyl (C=O) groups excluding carboxylic acids is 1. The Labute approximate surface area is 88.1 Å². The smallest absolute Gasteiger partial charge is 0.252 e. The molecule has 0 saturated carbocycles. The van der Waals surface area contributed by atoms with Crippen LogP contribution < -0.4 is 11.1 Å². The minimum absolute atomic E-state index is 0.282. The number of nitrogens with zero attached hydrogens (tertiary/aromatic N) is 2. The van der Waals surface area contributed by atoms with E-state index in [0.29, 0.717) is 5.56 Å². The minimum Gasteiger partial charge on any atom is -0.365 e. The SMILES string of the molecule is NC(=O)c1cncnc1[C@H]1CCCNC1. The molecule has 1 aliphatic rings. The highest BCUT2D eigenvalue weighted by Gasteiger charge is 2.21. The molecule has 1 fully saturated rings. The van der Waals surface area contributed by atoms with Gasteiger partial charge in [-0.25, -0.2) is 9.97 Å². The molecule has 5 nitrogen and oxygen atoms in total. The number of nitrogens with two attached hydrogens (primary N) is 1. The Kier molecular flexibility index (Phi) is 2.91. The van der Waals surface area contributed by atoms with Gasteiger partial charge >= 0.3 is 0 Å². The largest absolute Gasteiger partial charge is 0.365 e. The summed E-state index contributed by atoms with van der Waals surface area (Å²) in [5, 5.41) is 3.29. The third kappa shape index (κ3) is 2.12. The number of hydrogen-bond acceptors (Lipinski definition) is 4. The Morgan fingerprint density at radius 2 is 2.47 bits per heavy atom. The highest BCUT2D eigenvalue weighted by Crippen LogP contribution is 2.23. The normalized spacial score (nSPS) is 21.2. The van der Waals surface area contributed by atoms with Crippen LogP contribution in [0.5, 0.6) is 0 Å². The molecule has 3 N–H and O–H groups in total. The number of hydrogen-bond donors (Lipinski definition) is 2. The Bertz CT molecular complexity index is 360. The molecular formula is C10H14N4O. The number of carbonyl (C=O) groups is 1. The number of aromatic nitrogens is 2. The van der Waals surface area contributed by atoms with Gasteiger partial charge in [0.15, 0.2) is 0 Å². The quantitative estimate of drug-likeness (QED) is 0.716. The Morgan fingerprint density at radius 3 is 3.13 bits per heavy atom. The lowest BCUT2D eigenvalue weighted by Crippen LogP contribution is -2.30. The van der Waals surface area contributed by atoms with Crippen LogP contribution >= 0.6 is 0 Å². The zero-order valence-electron chi connectivity index (χ0n) is 8.44. The van der Waals surface area contributed by atoms with E-state index in [9.17, 15) is 4.79 Å². The lowest BCUT2D eigenvalue weighted by Gasteiger charge is -2.23. The minimum atomic E-state index is -0.448. The van der Waals surface area contributed by atoms with Gasteiger partial charge < -0.3 is 11.1 Å². The zero-order chi connectivity index (χ0) is 10.7. The van der Waals surface area contributed by atoms with E-state index in [2.05, 4.69) is 15.3 Å². The van der Waals surface area contributed by atoms with E-state index in [1.54, 1.807) is 0 Å². The number of rotatable bonds is 2. The van der Waals surface area contributed by atoms with Crippen LogP contribution in [0.15, 0.2) is 12.5 Å². The van der Waals surface area contributed by atoms with Gasteiger partial charge in [-0.05, 0) is 19.4 Å². The lowest BCUT2D eigenvalue weighted by atomic mass is 9.93. The summed E-state index contributed by atoms with van der Waals surface area (Å²) < 4.78 is 0. The van der Waals surface area contributed by atoms with E-state index in [1.165, 1.54) is 12.5 Å². The van der Waals surface area contributed by atoms with E-state index in [-0.39, 0.29) is 5.92 Å². The molecule has 0 spiro atoms. The van der Waals surface area contributed by atoms with Crippen LogP contribution in [-0.2, 0) is 0 Å². The summed E-state index contributed by atoms with van der Waals surface area (Å²) in [7, 11) is 0. The van der Waals surface area contributed by atoms with E-state index in [0.717, 1.165) is 31.6 Å². The highest BCUT2D eigenvalue weighted by molar-refractivity contribution is 5.93. The second kappa shape index (κ2) is 4.35. The summed E-state index contributed by atoms with van der Waals surface area (Å²) in [6.07, 6.45) is 5.12. The third-order valence-electron chi connectivity index (χ3n) is 2.69. The van der Waals surface area contributed by atoms with E-state index in [4.69, 9.17) is 5.73 Å². The number of nitrogens with one attached hydrogen (secondary N) is 1. The second-order valence-electron chi connectivity index (χ2n) is 3.73. The van der Waals surface area contributed by atoms with Crippen LogP contribution in [0.1, 0.15) is 34.8 Å². The molecule has 0 bridgehead atoms. The van der Waals surface area contributed by atoms with Crippen molar-refractivity contribution in [3.05, 3.63) is 23.8 Å². The summed E-state index contributed by atoms with van der Waals surface area (Å²) in [5.74, 6) is -0.166. The fourth-order valence-electron chi connectivity index (χ4n) is 1.94. The van der Waals surface area contributed by atoms with Crippen molar-refractivity contribution in [2.24, 2.45) is 5.73 Å². The molecule has 0 aromatic carbocycles. The first-order chi connectivity index (χ1) is 7.29. The molecule has 1 aromatic rings. The fourth-order valence-corrected chi connectivity index (χ4v) is 1.94. The molecule has 1 amide bonds. The van der Waals surface area contributed by atoms with Crippen molar-refractivity contribution in [3.63, 3.8) is 0 Å². The van der Waals surface area contributed by atoms with Gasteiger partial charge in [0.05, 0.1) is 11.3 Å². The Morgan fingerprint density at radius 1 is 1.60 bits per heavy atom. The molecule has 80 valence electrons. The fraction of sp³-hybridized carbons (Fsp3) is 0.500. The van der Waals surface area contributed by atoms with Crippen molar-refractivity contribution in [1.29, 1.82) is 0 Å².